The third-order valence-corrected chi connectivity index (χ3v) is 15.9. The van der Waals surface area contributed by atoms with Gasteiger partial charge in [-0.3, -0.25) is 8.42 Å². The smallest absolute Gasteiger partial charge is 0.227 e. The van der Waals surface area contributed by atoms with Crippen molar-refractivity contribution in [1.82, 2.24) is 19.9 Å². The predicted octanol–water partition coefficient (Wildman–Crippen LogP) is 4.47. The molecule has 4 fully saturated rings. The van der Waals surface area contributed by atoms with Crippen LogP contribution in [-0.4, -0.2) is 106 Å². The average Bonchev–Trinajstić information content (AvgIpc) is 4.14. The van der Waals surface area contributed by atoms with Gasteiger partial charge in [-0.2, -0.15) is 9.97 Å². The summed E-state index contributed by atoms with van der Waals surface area (Å²) in [5.74, 6) is 3.91. The maximum atomic E-state index is 13.9. The molecule has 314 valence electrons. The summed E-state index contributed by atoms with van der Waals surface area (Å²) < 4.78 is 38.9. The van der Waals surface area contributed by atoms with Crippen LogP contribution in [0.1, 0.15) is 85.4 Å². The molecule has 0 spiro atoms. The molecule has 13 nitrogen and oxygen atoms in total. The Morgan fingerprint density at radius 3 is 1.71 bits per heavy atom. The fourth-order valence-electron chi connectivity index (χ4n) is 8.78. The normalized spacial score (nSPS) is 23.5. The fourth-order valence-corrected chi connectivity index (χ4v) is 11.4. The number of nitrogens with zero attached hydrogens (tertiary/aromatic N) is 6. The number of nitrogens with one attached hydrogen (secondary N) is 2. The molecular formula is C43H53FN8O5S2. The number of aliphatic hydroxyl groups is 3. The number of hydrogen-bond acceptors (Lipinski definition) is 13. The zero-order chi connectivity index (χ0) is 40.9. The lowest BCUT2D eigenvalue weighted by molar-refractivity contribution is 0.0112. The maximum Gasteiger partial charge on any atom is 0.227 e. The molecule has 4 aromatic rings. The van der Waals surface area contributed by atoms with Gasteiger partial charge in [0.15, 0.2) is 0 Å². The monoisotopic (exact) mass is 844 g/mol. The van der Waals surface area contributed by atoms with Crippen molar-refractivity contribution in [1.29, 1.82) is 0 Å². The summed E-state index contributed by atoms with van der Waals surface area (Å²) >= 11 is 0. The van der Waals surface area contributed by atoms with Crippen LogP contribution >= 0.6 is 0 Å². The second-order valence-corrected chi connectivity index (χ2v) is 20.2. The van der Waals surface area contributed by atoms with Crippen LogP contribution in [0.3, 0.4) is 0 Å². The van der Waals surface area contributed by atoms with Crippen molar-refractivity contribution in [2.45, 2.75) is 104 Å². The van der Waals surface area contributed by atoms with Gasteiger partial charge in [0.2, 0.25) is 11.9 Å². The summed E-state index contributed by atoms with van der Waals surface area (Å²) in [6.45, 7) is 4.81. The van der Waals surface area contributed by atoms with E-state index in [0.717, 1.165) is 85.8 Å². The predicted molar refractivity (Wildman–Crippen MR) is 226 cm³/mol. The molecule has 0 bridgehead atoms. The Hall–Kier alpha value is -4.09. The lowest BCUT2D eigenvalue weighted by Crippen LogP contribution is -2.43. The molecule has 2 saturated heterocycles. The quantitative estimate of drug-likeness (QED) is 0.151. The maximum absolute atomic E-state index is 13.9. The third-order valence-electron chi connectivity index (χ3n) is 12.9. The average molecular weight is 845 g/mol. The molecule has 6 aliphatic rings. The van der Waals surface area contributed by atoms with E-state index in [1.807, 2.05) is 17.9 Å². The molecule has 5 N–H and O–H groups in total. The number of aliphatic hydroxyl groups excluding tert-OH is 2. The minimum absolute atomic E-state index is 0.0115. The zero-order valence-electron chi connectivity index (χ0n) is 33.5. The largest absolute Gasteiger partial charge is 0.394 e. The number of fused-ring (bicyclic) bond motifs is 2. The van der Waals surface area contributed by atoms with Gasteiger partial charge >= 0.3 is 0 Å². The van der Waals surface area contributed by atoms with E-state index in [-0.39, 0.29) is 30.1 Å². The number of aryl methyl sites for hydroxylation is 3. The first-order valence-corrected chi connectivity index (χ1v) is 23.5. The summed E-state index contributed by atoms with van der Waals surface area (Å²) in [7, 11) is -2.19. The van der Waals surface area contributed by atoms with E-state index in [2.05, 4.69) is 45.9 Å². The number of halogens is 1. The molecule has 2 atom stereocenters. The molecule has 0 amide bonds. The Morgan fingerprint density at radius 1 is 0.729 bits per heavy atom. The van der Waals surface area contributed by atoms with Gasteiger partial charge in [0.1, 0.15) is 27.2 Å². The SMILES string of the molecule is Cc1cc(F)cc(C2(O)CCN(c3nc4c(c(NC5(CO)CC5)n3)S(=O)CC4)CC2)c1.O=S1CCc2nc(N3CCC(c4ccccc4)CC3)nc(NC3(CO)CC3)c21. The van der Waals surface area contributed by atoms with Crippen LogP contribution in [-0.2, 0) is 40.0 Å². The van der Waals surface area contributed by atoms with Crippen molar-refractivity contribution in [3.8, 4) is 0 Å². The standard InChI is InChI=1S/C22H27FN4O3S.C21H26N4O2S/c1-14-10-15(12-16(23)11-14)22(29)5-7-27(8-6-22)20-24-17-2-9-31(30)18(17)19(25-20)26-21(13-28)3-4-21;26-14-21(9-10-21)24-19-18-17(8-13-28(18)27)22-20(23-19)25-11-6-16(7-12-25)15-4-2-1-3-5-15/h10-12,28-29H,2-9,13H2,1H3,(H,24,25,26);1-5,16,26H,6-14H2,(H,22,23,24). The van der Waals surface area contributed by atoms with Gasteiger partial charge in [0, 0.05) is 50.5 Å². The van der Waals surface area contributed by atoms with Crippen LogP contribution < -0.4 is 20.4 Å². The van der Waals surface area contributed by atoms with Crippen molar-refractivity contribution < 1.29 is 28.1 Å². The van der Waals surface area contributed by atoms with Gasteiger partial charge < -0.3 is 35.8 Å². The van der Waals surface area contributed by atoms with E-state index in [1.54, 1.807) is 0 Å². The molecule has 59 heavy (non-hydrogen) atoms. The first kappa shape index (κ1) is 40.3. The van der Waals surface area contributed by atoms with Gasteiger partial charge in [-0.05, 0) is 93.0 Å². The van der Waals surface area contributed by atoms with Crippen LogP contribution in [0, 0.1) is 12.7 Å². The van der Waals surface area contributed by atoms with Crippen LogP contribution in [0.5, 0.6) is 0 Å². The van der Waals surface area contributed by atoms with Crippen LogP contribution in [0.2, 0.25) is 0 Å². The number of aromatic nitrogens is 4. The van der Waals surface area contributed by atoms with Crippen LogP contribution in [0.4, 0.5) is 27.9 Å². The van der Waals surface area contributed by atoms with E-state index < -0.39 is 27.2 Å². The Balaban J connectivity index is 0.000000153. The van der Waals surface area contributed by atoms with Gasteiger partial charge in [0.25, 0.3) is 0 Å². The highest BCUT2D eigenvalue weighted by molar-refractivity contribution is 7.85. The first-order valence-electron chi connectivity index (χ1n) is 20.9. The minimum atomic E-state index is -1.14. The molecule has 2 saturated carbocycles. The third kappa shape index (κ3) is 8.35. The lowest BCUT2D eigenvalue weighted by Gasteiger charge is -2.39. The highest BCUT2D eigenvalue weighted by Crippen LogP contribution is 2.43. The summed E-state index contributed by atoms with van der Waals surface area (Å²) in [6.07, 6.45) is 7.97. The molecule has 2 aromatic heterocycles. The topological polar surface area (TPSA) is 177 Å². The summed E-state index contributed by atoms with van der Waals surface area (Å²) in [6, 6.07) is 15.4. The van der Waals surface area contributed by atoms with E-state index >= 15 is 0 Å². The molecule has 2 aliphatic carbocycles. The lowest BCUT2D eigenvalue weighted by atomic mass is 9.84. The first-order chi connectivity index (χ1) is 28.5. The molecule has 4 aliphatic heterocycles. The van der Waals surface area contributed by atoms with E-state index in [0.29, 0.717) is 77.8 Å². The molecule has 10 rings (SSSR count). The number of benzene rings is 2. The Labute approximate surface area is 349 Å². The molecule has 6 heterocycles. The van der Waals surface area contributed by atoms with Crippen LogP contribution in [0.15, 0.2) is 58.3 Å². The number of anilines is 4. The number of rotatable bonds is 10. The van der Waals surface area contributed by atoms with E-state index in [4.69, 9.17) is 19.9 Å². The van der Waals surface area contributed by atoms with Gasteiger partial charge in [-0.15, -0.1) is 0 Å². The Kier molecular flexibility index (Phi) is 11.0. The fraction of sp³-hybridized carbons (Fsp3) is 0.535. The van der Waals surface area contributed by atoms with Crippen LogP contribution in [0.25, 0.3) is 0 Å². The van der Waals surface area contributed by atoms with Crippen molar-refractivity contribution in [2.24, 2.45) is 0 Å². The second kappa shape index (κ2) is 16.1. The van der Waals surface area contributed by atoms with Crippen molar-refractivity contribution >= 4 is 45.1 Å². The highest BCUT2D eigenvalue weighted by Gasteiger charge is 2.45. The van der Waals surface area contributed by atoms with Gasteiger partial charge in [-0.1, -0.05) is 36.4 Å². The van der Waals surface area contributed by atoms with Crippen molar-refractivity contribution in [3.05, 3.63) is 82.4 Å². The van der Waals surface area contributed by atoms with E-state index in [1.165, 1.54) is 17.7 Å². The Bertz CT molecular complexity index is 2240. The number of piperidine rings is 2. The summed E-state index contributed by atoms with van der Waals surface area (Å²) in [5, 5.41) is 37.3. The van der Waals surface area contributed by atoms with Gasteiger partial charge in [0.05, 0.1) is 62.9 Å². The molecule has 0 radical (unpaired) electrons. The molecule has 2 aromatic carbocycles. The second-order valence-electron chi connectivity index (χ2n) is 17.2. The van der Waals surface area contributed by atoms with Crippen molar-refractivity contribution in [2.75, 3.05) is 71.3 Å². The van der Waals surface area contributed by atoms with Gasteiger partial charge in [-0.25, -0.2) is 14.4 Å². The summed E-state index contributed by atoms with van der Waals surface area (Å²) in [4.78, 5) is 24.6. The summed E-state index contributed by atoms with van der Waals surface area (Å²) in [5.41, 5.74) is 2.76. The number of hydrogen-bond donors (Lipinski definition) is 5. The van der Waals surface area contributed by atoms with Crippen molar-refractivity contribution in [3.63, 3.8) is 0 Å². The highest BCUT2D eigenvalue weighted by atomic mass is 32.2. The molecular weight excluding hydrogens is 792 g/mol. The molecule has 16 heteroatoms. The Morgan fingerprint density at radius 2 is 1.24 bits per heavy atom. The minimum Gasteiger partial charge on any atom is -0.394 e. The zero-order valence-corrected chi connectivity index (χ0v) is 35.1. The molecule has 2 unspecified atom stereocenters. The van der Waals surface area contributed by atoms with E-state index in [9.17, 15) is 28.1 Å².